The minimum atomic E-state index is -0.412. The van der Waals surface area contributed by atoms with Crippen LogP contribution in [0.25, 0.3) is 11.1 Å². The van der Waals surface area contributed by atoms with Crippen LogP contribution in [0.4, 0.5) is 11.5 Å². The number of hydrogen-bond acceptors (Lipinski definition) is 6. The number of anilines is 2. The number of aromatic amines is 1. The van der Waals surface area contributed by atoms with Gasteiger partial charge in [-0.1, -0.05) is 36.4 Å². The third kappa shape index (κ3) is 5.65. The Morgan fingerprint density at radius 2 is 1.94 bits per heavy atom. The smallest absolute Gasteiger partial charge is 0.296 e. The summed E-state index contributed by atoms with van der Waals surface area (Å²) in [6.45, 7) is 3.51. The number of ether oxygens (including phenoxy) is 1. The number of nitrogens with zero attached hydrogens (tertiary/aromatic N) is 4. The number of pyridine rings is 1. The fourth-order valence-electron chi connectivity index (χ4n) is 3.62. The second-order valence-electron chi connectivity index (χ2n) is 8.07. The van der Waals surface area contributed by atoms with Gasteiger partial charge in [0, 0.05) is 39.0 Å². The van der Waals surface area contributed by atoms with Crippen LogP contribution in [-0.4, -0.2) is 53.4 Å². The molecule has 0 saturated heterocycles. The molecule has 0 aliphatic rings. The molecule has 174 valence electrons. The van der Waals surface area contributed by atoms with Gasteiger partial charge < -0.3 is 15.0 Å². The molecule has 0 unspecified atom stereocenters. The van der Waals surface area contributed by atoms with Crippen LogP contribution in [0.2, 0.25) is 0 Å². The average molecular weight is 457 g/mol. The number of nitrogens with one attached hydrogen (secondary N) is 2. The van der Waals surface area contributed by atoms with Gasteiger partial charge in [-0.15, -0.1) is 5.10 Å². The molecule has 0 aliphatic carbocycles. The fourth-order valence-corrected chi connectivity index (χ4v) is 3.62. The predicted octanol–water partition coefficient (Wildman–Crippen LogP) is 4.10. The summed E-state index contributed by atoms with van der Waals surface area (Å²) in [5, 5.41) is 9.72. The summed E-state index contributed by atoms with van der Waals surface area (Å²) in [4.78, 5) is 23.5. The van der Waals surface area contributed by atoms with Crippen LogP contribution < -0.4 is 10.2 Å². The van der Waals surface area contributed by atoms with Crippen molar-refractivity contribution in [1.82, 2.24) is 20.2 Å². The van der Waals surface area contributed by atoms with E-state index in [1.54, 1.807) is 13.3 Å². The number of H-pyrrole nitrogens is 1. The molecule has 4 rings (SSSR count). The van der Waals surface area contributed by atoms with Crippen molar-refractivity contribution < 1.29 is 9.53 Å². The Bertz CT molecular complexity index is 1260. The third-order valence-electron chi connectivity index (χ3n) is 5.55. The van der Waals surface area contributed by atoms with Crippen molar-refractivity contribution in [1.29, 1.82) is 0 Å². The molecule has 0 atom stereocenters. The van der Waals surface area contributed by atoms with Crippen LogP contribution in [0.15, 0.2) is 66.9 Å². The van der Waals surface area contributed by atoms with E-state index in [1.165, 1.54) is 0 Å². The summed E-state index contributed by atoms with van der Waals surface area (Å²) in [7, 11) is 3.73. The lowest BCUT2D eigenvalue weighted by molar-refractivity contribution is 0.101. The molecule has 0 fully saturated rings. The first-order chi connectivity index (χ1) is 16.5. The summed E-state index contributed by atoms with van der Waals surface area (Å²) in [5.41, 5.74) is 5.34. The first-order valence-electron chi connectivity index (χ1n) is 11.1. The zero-order valence-electron chi connectivity index (χ0n) is 19.6. The van der Waals surface area contributed by atoms with Crippen LogP contribution in [0.5, 0.6) is 0 Å². The number of likely N-dealkylation sites (N-methyl/N-ethyl adjacent to an activating group) is 1. The van der Waals surface area contributed by atoms with E-state index in [1.807, 2.05) is 49.5 Å². The van der Waals surface area contributed by atoms with E-state index in [0.717, 1.165) is 34.5 Å². The number of aryl methyl sites for hydroxylation is 1. The number of aromatic nitrogens is 4. The molecule has 0 aliphatic heterocycles. The standard InChI is InChI=1S/C26H28N6O2/c1-18-9-10-21(32(2)13-14-34-3)17-22(18)20-11-12-27-23(16-20)29-26(33)25-28-24(30-31-25)15-19-7-5-4-6-8-19/h4-12,16-17H,13-15H2,1-3H3,(H,27,29,33)(H,28,30,31). The second kappa shape index (κ2) is 10.7. The van der Waals surface area contributed by atoms with Crippen LogP contribution in [-0.2, 0) is 11.2 Å². The van der Waals surface area contributed by atoms with E-state index in [-0.39, 0.29) is 5.82 Å². The molecule has 0 bridgehead atoms. The van der Waals surface area contributed by atoms with Crippen LogP contribution >= 0.6 is 0 Å². The largest absolute Gasteiger partial charge is 0.383 e. The van der Waals surface area contributed by atoms with E-state index in [2.05, 4.69) is 55.5 Å². The van der Waals surface area contributed by atoms with Gasteiger partial charge in [-0.05, 0) is 53.4 Å². The van der Waals surface area contributed by atoms with E-state index in [0.29, 0.717) is 24.7 Å². The lowest BCUT2D eigenvalue weighted by atomic mass is 10.0. The van der Waals surface area contributed by atoms with E-state index in [4.69, 9.17) is 4.74 Å². The summed E-state index contributed by atoms with van der Waals surface area (Å²) in [5.74, 6) is 0.735. The van der Waals surface area contributed by atoms with E-state index < -0.39 is 5.91 Å². The molecule has 2 heterocycles. The van der Waals surface area contributed by atoms with Gasteiger partial charge in [-0.25, -0.2) is 9.97 Å². The number of methoxy groups -OCH3 is 1. The van der Waals surface area contributed by atoms with Gasteiger partial charge in [0.1, 0.15) is 11.6 Å². The number of rotatable bonds is 9. The van der Waals surface area contributed by atoms with Crippen molar-refractivity contribution in [3.8, 4) is 11.1 Å². The Balaban J connectivity index is 1.48. The molecular weight excluding hydrogens is 428 g/mol. The summed E-state index contributed by atoms with van der Waals surface area (Å²) in [6, 6.07) is 20.0. The first-order valence-corrected chi connectivity index (χ1v) is 11.1. The monoisotopic (exact) mass is 456 g/mol. The summed E-state index contributed by atoms with van der Waals surface area (Å²) >= 11 is 0. The number of amides is 1. The zero-order chi connectivity index (χ0) is 23.9. The lowest BCUT2D eigenvalue weighted by Crippen LogP contribution is -2.22. The van der Waals surface area contributed by atoms with Crippen molar-refractivity contribution in [2.75, 3.05) is 37.5 Å². The Hall–Kier alpha value is -4.04. The Morgan fingerprint density at radius 1 is 1.12 bits per heavy atom. The molecule has 2 aromatic heterocycles. The zero-order valence-corrected chi connectivity index (χ0v) is 19.6. The lowest BCUT2D eigenvalue weighted by Gasteiger charge is -2.20. The fraction of sp³-hybridized carbons (Fsp3) is 0.231. The van der Waals surface area contributed by atoms with Gasteiger partial charge >= 0.3 is 0 Å². The first kappa shape index (κ1) is 23.1. The molecule has 8 nitrogen and oxygen atoms in total. The van der Waals surface area contributed by atoms with Crippen molar-refractivity contribution >= 4 is 17.4 Å². The molecule has 0 saturated carbocycles. The molecule has 1 amide bonds. The summed E-state index contributed by atoms with van der Waals surface area (Å²) in [6.07, 6.45) is 2.26. The summed E-state index contributed by atoms with van der Waals surface area (Å²) < 4.78 is 5.19. The van der Waals surface area contributed by atoms with Crippen molar-refractivity contribution in [3.63, 3.8) is 0 Å². The highest BCUT2D eigenvalue weighted by atomic mass is 16.5. The maximum Gasteiger partial charge on any atom is 0.296 e. The van der Waals surface area contributed by atoms with E-state index in [9.17, 15) is 4.79 Å². The number of hydrogen-bond donors (Lipinski definition) is 2. The topological polar surface area (TPSA) is 96.0 Å². The van der Waals surface area contributed by atoms with Crippen molar-refractivity contribution in [2.45, 2.75) is 13.3 Å². The second-order valence-corrected chi connectivity index (χ2v) is 8.07. The normalized spacial score (nSPS) is 10.8. The molecule has 0 spiro atoms. The molecule has 2 N–H and O–H groups in total. The van der Waals surface area contributed by atoms with Crippen molar-refractivity contribution in [2.24, 2.45) is 0 Å². The van der Waals surface area contributed by atoms with Crippen molar-refractivity contribution in [3.05, 3.63) is 89.6 Å². The van der Waals surface area contributed by atoms with Crippen LogP contribution in [0, 0.1) is 6.92 Å². The van der Waals surface area contributed by atoms with E-state index >= 15 is 0 Å². The maximum atomic E-state index is 12.7. The molecule has 34 heavy (non-hydrogen) atoms. The minimum Gasteiger partial charge on any atom is -0.383 e. The predicted molar refractivity (Wildman–Crippen MR) is 133 cm³/mol. The van der Waals surface area contributed by atoms with Gasteiger partial charge in [0.25, 0.3) is 5.91 Å². The SMILES string of the molecule is COCCN(C)c1ccc(C)c(-c2ccnc(NC(=O)c3n[nH]c(Cc4ccccc4)n3)c2)c1. The third-order valence-corrected chi connectivity index (χ3v) is 5.55. The highest BCUT2D eigenvalue weighted by molar-refractivity contribution is 6.01. The molecule has 8 heteroatoms. The molecule has 0 radical (unpaired) electrons. The van der Waals surface area contributed by atoms with Gasteiger partial charge in [0.2, 0.25) is 5.82 Å². The Labute approximate surface area is 199 Å². The number of benzene rings is 2. The van der Waals surface area contributed by atoms with Crippen LogP contribution in [0.3, 0.4) is 0 Å². The minimum absolute atomic E-state index is 0.0797. The Kier molecular flexibility index (Phi) is 7.29. The number of carbonyl (C=O) groups is 1. The Morgan fingerprint density at radius 3 is 2.74 bits per heavy atom. The molecule has 4 aromatic rings. The average Bonchev–Trinajstić information content (AvgIpc) is 3.32. The van der Waals surface area contributed by atoms with Gasteiger partial charge in [0.05, 0.1) is 6.61 Å². The number of carbonyl (C=O) groups excluding carboxylic acids is 1. The highest BCUT2D eigenvalue weighted by Crippen LogP contribution is 2.29. The van der Waals surface area contributed by atoms with Crippen LogP contribution in [0.1, 0.15) is 27.6 Å². The quantitative estimate of drug-likeness (QED) is 0.394. The van der Waals surface area contributed by atoms with Gasteiger partial charge in [0.15, 0.2) is 0 Å². The van der Waals surface area contributed by atoms with Gasteiger partial charge in [-0.3, -0.25) is 9.89 Å². The van der Waals surface area contributed by atoms with Gasteiger partial charge in [-0.2, -0.15) is 0 Å². The molecular formula is C26H28N6O2. The maximum absolute atomic E-state index is 12.7. The highest BCUT2D eigenvalue weighted by Gasteiger charge is 2.15. The molecule has 2 aromatic carbocycles.